The van der Waals surface area contributed by atoms with Crippen molar-refractivity contribution in [2.75, 3.05) is 16.8 Å². The lowest BCUT2D eigenvalue weighted by Gasteiger charge is -2.09. The van der Waals surface area contributed by atoms with Crippen molar-refractivity contribution >= 4 is 64.0 Å². The summed E-state index contributed by atoms with van der Waals surface area (Å²) in [5.41, 5.74) is 5.96. The zero-order chi connectivity index (χ0) is 15.4. The normalized spacial score (nSPS) is 10.4. The zero-order valence-corrected chi connectivity index (χ0v) is 13.5. The Hall–Kier alpha value is -1.21. The molecule has 9 heteroatoms. The second kappa shape index (κ2) is 7.17. The van der Waals surface area contributed by atoms with Crippen molar-refractivity contribution in [3.05, 3.63) is 39.6 Å². The molecular weight excluding hydrogens is 355 g/mol. The van der Waals surface area contributed by atoms with Crippen LogP contribution < -0.4 is 11.1 Å². The van der Waals surface area contributed by atoms with Crippen LogP contribution in [0.1, 0.15) is 0 Å². The molecule has 0 unspecified atom stereocenters. The van der Waals surface area contributed by atoms with E-state index in [0.29, 0.717) is 15.7 Å². The van der Waals surface area contributed by atoms with Gasteiger partial charge in [0.05, 0.1) is 21.5 Å². The van der Waals surface area contributed by atoms with Crippen molar-refractivity contribution in [2.24, 2.45) is 0 Å². The summed E-state index contributed by atoms with van der Waals surface area (Å²) in [4.78, 5) is 19.8. The second-order valence-electron chi connectivity index (χ2n) is 3.83. The predicted octanol–water partition coefficient (Wildman–Crippen LogP) is 3.75. The highest BCUT2D eigenvalue weighted by Gasteiger charge is 2.12. The molecule has 5 nitrogen and oxygen atoms in total. The van der Waals surface area contributed by atoms with E-state index in [4.69, 9.17) is 40.5 Å². The van der Waals surface area contributed by atoms with E-state index in [1.807, 2.05) is 0 Å². The Morgan fingerprint density at radius 1 is 1.19 bits per heavy atom. The van der Waals surface area contributed by atoms with Gasteiger partial charge in [0.1, 0.15) is 5.03 Å². The van der Waals surface area contributed by atoms with E-state index in [-0.39, 0.29) is 27.5 Å². The molecular formula is C12H9Cl3N4OS. The fourth-order valence-corrected chi connectivity index (χ4v) is 3.01. The molecule has 21 heavy (non-hydrogen) atoms. The number of carbonyl (C=O) groups excluding carboxylic acids is 1. The van der Waals surface area contributed by atoms with Crippen LogP contribution in [0.25, 0.3) is 0 Å². The molecule has 1 amide bonds. The Kier molecular flexibility index (Phi) is 5.52. The van der Waals surface area contributed by atoms with Crippen LogP contribution in [0.2, 0.25) is 15.1 Å². The lowest BCUT2D eigenvalue weighted by atomic mass is 10.3. The summed E-state index contributed by atoms with van der Waals surface area (Å²) in [6, 6.07) is 3.00. The molecule has 0 atom stereocenters. The minimum atomic E-state index is -0.295. The Morgan fingerprint density at radius 2 is 1.81 bits per heavy atom. The van der Waals surface area contributed by atoms with Gasteiger partial charge in [0.2, 0.25) is 5.91 Å². The first-order chi connectivity index (χ1) is 9.97. The third-order valence-electron chi connectivity index (χ3n) is 2.30. The first-order valence-electron chi connectivity index (χ1n) is 5.61. The summed E-state index contributed by atoms with van der Waals surface area (Å²) in [5, 5.41) is 4.04. The van der Waals surface area contributed by atoms with Gasteiger partial charge in [0.25, 0.3) is 0 Å². The lowest BCUT2D eigenvalue weighted by molar-refractivity contribution is -0.113. The van der Waals surface area contributed by atoms with Gasteiger partial charge in [0, 0.05) is 17.4 Å². The molecule has 0 bridgehead atoms. The molecule has 0 aliphatic heterocycles. The Morgan fingerprint density at radius 3 is 2.43 bits per heavy atom. The quantitative estimate of drug-likeness (QED) is 0.809. The third-order valence-corrected chi connectivity index (χ3v) is 4.11. The maximum absolute atomic E-state index is 11.9. The number of aromatic nitrogens is 2. The van der Waals surface area contributed by atoms with Crippen LogP contribution in [-0.2, 0) is 4.79 Å². The first-order valence-corrected chi connectivity index (χ1v) is 7.73. The molecule has 1 aromatic heterocycles. The van der Waals surface area contributed by atoms with Gasteiger partial charge in [-0.25, -0.2) is 9.97 Å². The number of carbonyl (C=O) groups is 1. The molecule has 0 aliphatic carbocycles. The van der Waals surface area contributed by atoms with Crippen LogP contribution in [0.4, 0.5) is 11.5 Å². The number of anilines is 2. The highest BCUT2D eigenvalue weighted by Crippen LogP contribution is 2.33. The number of hydrogen-bond acceptors (Lipinski definition) is 5. The number of hydrogen-bond donors (Lipinski definition) is 2. The van der Waals surface area contributed by atoms with E-state index >= 15 is 0 Å². The van der Waals surface area contributed by atoms with Crippen LogP contribution in [0.15, 0.2) is 29.6 Å². The van der Waals surface area contributed by atoms with Gasteiger partial charge in [0.15, 0.2) is 5.82 Å². The number of rotatable bonds is 4. The average Bonchev–Trinajstić information content (AvgIpc) is 2.42. The molecule has 0 saturated carbocycles. The highest BCUT2D eigenvalue weighted by molar-refractivity contribution is 8.00. The molecule has 2 rings (SSSR count). The van der Waals surface area contributed by atoms with Crippen LogP contribution in [0.3, 0.4) is 0 Å². The SMILES string of the molecule is Nc1nccnc1SCC(=O)Nc1c(Cl)cc(Cl)cc1Cl. The maximum Gasteiger partial charge on any atom is 0.234 e. The Bertz CT molecular complexity index is 660. The van der Waals surface area contributed by atoms with Gasteiger partial charge in [-0.05, 0) is 12.1 Å². The molecule has 0 aliphatic rings. The molecule has 0 saturated heterocycles. The Balaban J connectivity index is 2.01. The van der Waals surface area contributed by atoms with Crippen molar-refractivity contribution in [1.29, 1.82) is 0 Å². The van der Waals surface area contributed by atoms with E-state index in [9.17, 15) is 4.79 Å². The van der Waals surface area contributed by atoms with Crippen LogP contribution in [-0.4, -0.2) is 21.6 Å². The molecule has 0 spiro atoms. The number of nitrogens with two attached hydrogens (primary N) is 1. The smallest absolute Gasteiger partial charge is 0.234 e. The van der Waals surface area contributed by atoms with E-state index < -0.39 is 0 Å². The van der Waals surface area contributed by atoms with E-state index in [1.165, 1.54) is 36.3 Å². The van der Waals surface area contributed by atoms with Crippen molar-refractivity contribution in [2.45, 2.75) is 5.03 Å². The van der Waals surface area contributed by atoms with Gasteiger partial charge in [-0.2, -0.15) is 0 Å². The molecule has 3 N–H and O–H groups in total. The number of halogens is 3. The van der Waals surface area contributed by atoms with Crippen molar-refractivity contribution in [1.82, 2.24) is 9.97 Å². The molecule has 0 radical (unpaired) electrons. The highest BCUT2D eigenvalue weighted by atomic mass is 35.5. The monoisotopic (exact) mass is 362 g/mol. The van der Waals surface area contributed by atoms with Crippen molar-refractivity contribution in [3.63, 3.8) is 0 Å². The number of amides is 1. The van der Waals surface area contributed by atoms with Crippen LogP contribution in [0.5, 0.6) is 0 Å². The molecule has 1 heterocycles. The summed E-state index contributed by atoms with van der Waals surface area (Å²) >= 11 is 18.9. The maximum atomic E-state index is 11.9. The number of thioether (sulfide) groups is 1. The summed E-state index contributed by atoms with van der Waals surface area (Å²) in [6.45, 7) is 0. The third kappa shape index (κ3) is 4.38. The van der Waals surface area contributed by atoms with E-state index in [0.717, 1.165) is 0 Å². The first kappa shape index (κ1) is 16.2. The largest absolute Gasteiger partial charge is 0.381 e. The molecule has 1 aromatic carbocycles. The van der Waals surface area contributed by atoms with Gasteiger partial charge in [-0.15, -0.1) is 0 Å². The van der Waals surface area contributed by atoms with Gasteiger partial charge in [-0.1, -0.05) is 46.6 Å². The minimum absolute atomic E-state index is 0.0954. The predicted molar refractivity (Wildman–Crippen MR) is 87.3 cm³/mol. The standard InChI is InChI=1S/C12H9Cl3N4OS/c13-6-3-7(14)10(8(15)4-6)19-9(20)5-21-12-11(16)17-1-2-18-12/h1-4H,5H2,(H2,16,17)(H,19,20). The van der Waals surface area contributed by atoms with Crippen LogP contribution >= 0.6 is 46.6 Å². The van der Waals surface area contributed by atoms with Gasteiger partial charge in [-0.3, -0.25) is 4.79 Å². The Labute approximate surface area is 140 Å². The zero-order valence-electron chi connectivity index (χ0n) is 10.4. The number of nitrogens with zero attached hydrogens (tertiary/aromatic N) is 2. The number of benzene rings is 1. The second-order valence-corrected chi connectivity index (χ2v) is 6.04. The topological polar surface area (TPSA) is 80.9 Å². The van der Waals surface area contributed by atoms with Gasteiger partial charge < -0.3 is 11.1 Å². The fourth-order valence-electron chi connectivity index (χ4n) is 1.42. The number of nitrogen functional groups attached to an aromatic ring is 1. The molecule has 110 valence electrons. The van der Waals surface area contributed by atoms with Crippen molar-refractivity contribution in [3.8, 4) is 0 Å². The summed E-state index contributed by atoms with van der Waals surface area (Å²) in [5.74, 6) is 0.0760. The lowest BCUT2D eigenvalue weighted by Crippen LogP contribution is -2.15. The molecule has 0 fully saturated rings. The van der Waals surface area contributed by atoms with E-state index in [1.54, 1.807) is 0 Å². The summed E-state index contributed by atoms with van der Waals surface area (Å²) in [6.07, 6.45) is 2.98. The van der Waals surface area contributed by atoms with Gasteiger partial charge >= 0.3 is 0 Å². The average molecular weight is 364 g/mol. The summed E-state index contributed by atoms with van der Waals surface area (Å²) < 4.78 is 0. The fraction of sp³-hybridized carbons (Fsp3) is 0.0833. The van der Waals surface area contributed by atoms with Crippen LogP contribution in [0, 0.1) is 0 Å². The minimum Gasteiger partial charge on any atom is -0.381 e. The number of nitrogens with one attached hydrogen (secondary N) is 1. The summed E-state index contributed by atoms with van der Waals surface area (Å²) in [7, 11) is 0. The van der Waals surface area contributed by atoms with Crippen molar-refractivity contribution < 1.29 is 4.79 Å². The van der Waals surface area contributed by atoms with E-state index in [2.05, 4.69) is 15.3 Å². The molecule has 2 aromatic rings.